The van der Waals surface area contributed by atoms with Crippen LogP contribution in [-0.4, -0.2) is 64.6 Å². The SMILES string of the molecule is CCCOCCOCCOCCOCCO. The van der Waals surface area contributed by atoms with Crippen molar-refractivity contribution in [3.05, 3.63) is 0 Å². The Hall–Kier alpha value is -0.200. The fourth-order valence-corrected chi connectivity index (χ4v) is 0.971. The maximum Gasteiger partial charge on any atom is 0.0701 e. The summed E-state index contributed by atoms with van der Waals surface area (Å²) < 4.78 is 20.8. The van der Waals surface area contributed by atoms with E-state index in [1.165, 1.54) is 0 Å². The number of rotatable bonds is 13. The first kappa shape index (κ1) is 15.8. The van der Waals surface area contributed by atoms with Gasteiger partial charge in [0.15, 0.2) is 0 Å². The molecular formula is C11H24O5. The Balaban J connectivity index is 2.83. The molecule has 5 nitrogen and oxygen atoms in total. The van der Waals surface area contributed by atoms with Crippen LogP contribution in [0.5, 0.6) is 0 Å². The molecule has 0 saturated heterocycles. The Kier molecular flexibility index (Phi) is 14.6. The van der Waals surface area contributed by atoms with Gasteiger partial charge in [0.05, 0.1) is 52.9 Å². The van der Waals surface area contributed by atoms with Gasteiger partial charge in [0, 0.05) is 6.61 Å². The molecule has 0 fully saturated rings. The van der Waals surface area contributed by atoms with Crippen molar-refractivity contribution < 1.29 is 24.1 Å². The normalized spacial score (nSPS) is 10.9. The molecule has 0 rings (SSSR count). The van der Waals surface area contributed by atoms with E-state index in [0.717, 1.165) is 13.0 Å². The zero-order valence-corrected chi connectivity index (χ0v) is 10.2. The zero-order valence-electron chi connectivity index (χ0n) is 10.2. The molecule has 0 aromatic heterocycles. The second-order valence-corrected chi connectivity index (χ2v) is 3.17. The molecule has 0 atom stereocenters. The van der Waals surface area contributed by atoms with Crippen LogP contribution < -0.4 is 0 Å². The molecule has 0 unspecified atom stereocenters. The Labute approximate surface area is 97.6 Å². The molecule has 5 heteroatoms. The summed E-state index contributed by atoms with van der Waals surface area (Å²) in [6.45, 7) is 6.75. The van der Waals surface area contributed by atoms with Gasteiger partial charge in [0.1, 0.15) is 0 Å². The number of aliphatic hydroxyl groups excluding tert-OH is 1. The lowest BCUT2D eigenvalue weighted by Gasteiger charge is -2.06. The molecule has 0 amide bonds. The second-order valence-electron chi connectivity index (χ2n) is 3.17. The van der Waals surface area contributed by atoms with Gasteiger partial charge in [0.2, 0.25) is 0 Å². The fraction of sp³-hybridized carbons (Fsp3) is 1.00. The summed E-state index contributed by atoms with van der Waals surface area (Å²) in [5.41, 5.74) is 0. The summed E-state index contributed by atoms with van der Waals surface area (Å²) in [6.07, 6.45) is 1.04. The molecule has 0 aliphatic heterocycles. The van der Waals surface area contributed by atoms with E-state index < -0.39 is 0 Å². The number of ether oxygens (including phenoxy) is 4. The van der Waals surface area contributed by atoms with Gasteiger partial charge in [-0.15, -0.1) is 0 Å². The Morgan fingerprint density at radius 1 is 0.625 bits per heavy atom. The molecule has 0 radical (unpaired) electrons. The van der Waals surface area contributed by atoms with Gasteiger partial charge in [0.25, 0.3) is 0 Å². The highest BCUT2D eigenvalue weighted by Gasteiger charge is 1.91. The molecule has 0 heterocycles. The van der Waals surface area contributed by atoms with E-state index in [1.807, 2.05) is 0 Å². The van der Waals surface area contributed by atoms with Gasteiger partial charge in [-0.25, -0.2) is 0 Å². The molecule has 1 N–H and O–H groups in total. The van der Waals surface area contributed by atoms with Crippen molar-refractivity contribution in [1.29, 1.82) is 0 Å². The predicted molar refractivity (Wildman–Crippen MR) is 60.7 cm³/mol. The third-order valence-corrected chi connectivity index (χ3v) is 1.70. The van der Waals surface area contributed by atoms with E-state index in [4.69, 9.17) is 24.1 Å². The van der Waals surface area contributed by atoms with Crippen LogP contribution >= 0.6 is 0 Å². The number of aliphatic hydroxyl groups is 1. The van der Waals surface area contributed by atoms with E-state index >= 15 is 0 Å². The topological polar surface area (TPSA) is 57.2 Å². The second kappa shape index (κ2) is 14.8. The first-order valence-electron chi connectivity index (χ1n) is 5.83. The lowest BCUT2D eigenvalue weighted by atomic mass is 10.5. The minimum atomic E-state index is 0.0564. The monoisotopic (exact) mass is 236 g/mol. The molecule has 0 aromatic carbocycles. The number of hydrogen-bond acceptors (Lipinski definition) is 5. The van der Waals surface area contributed by atoms with Gasteiger partial charge >= 0.3 is 0 Å². The molecular weight excluding hydrogens is 212 g/mol. The van der Waals surface area contributed by atoms with Gasteiger partial charge in [-0.05, 0) is 6.42 Å². The van der Waals surface area contributed by atoms with Gasteiger partial charge in [-0.3, -0.25) is 0 Å². The molecule has 0 spiro atoms. The van der Waals surface area contributed by atoms with E-state index in [-0.39, 0.29) is 6.61 Å². The van der Waals surface area contributed by atoms with Gasteiger partial charge in [-0.2, -0.15) is 0 Å². The fourth-order valence-electron chi connectivity index (χ4n) is 0.971. The molecule has 0 aliphatic carbocycles. The van der Waals surface area contributed by atoms with E-state index in [9.17, 15) is 0 Å². The largest absolute Gasteiger partial charge is 0.394 e. The molecule has 0 aliphatic rings. The van der Waals surface area contributed by atoms with Crippen LogP contribution in [0.2, 0.25) is 0 Å². The van der Waals surface area contributed by atoms with Crippen LogP contribution in [0, 0.1) is 0 Å². The lowest BCUT2D eigenvalue weighted by molar-refractivity contribution is -0.00541. The van der Waals surface area contributed by atoms with Crippen molar-refractivity contribution in [2.24, 2.45) is 0 Å². The third-order valence-electron chi connectivity index (χ3n) is 1.70. The Bertz CT molecular complexity index is 107. The van der Waals surface area contributed by atoms with Crippen LogP contribution in [0.15, 0.2) is 0 Å². The van der Waals surface area contributed by atoms with E-state index in [1.54, 1.807) is 0 Å². The minimum absolute atomic E-state index is 0.0564. The quantitative estimate of drug-likeness (QED) is 0.471. The van der Waals surface area contributed by atoms with Crippen molar-refractivity contribution in [3.63, 3.8) is 0 Å². The highest BCUT2D eigenvalue weighted by molar-refractivity contribution is 4.34. The highest BCUT2D eigenvalue weighted by atomic mass is 16.6. The molecule has 0 aromatic rings. The summed E-state index contributed by atoms with van der Waals surface area (Å²) in [4.78, 5) is 0. The van der Waals surface area contributed by atoms with Crippen LogP contribution in [0.25, 0.3) is 0 Å². The van der Waals surface area contributed by atoms with Crippen molar-refractivity contribution in [2.75, 3.05) is 59.5 Å². The van der Waals surface area contributed by atoms with Crippen molar-refractivity contribution in [3.8, 4) is 0 Å². The Morgan fingerprint density at radius 3 is 1.38 bits per heavy atom. The maximum atomic E-state index is 8.43. The zero-order chi connectivity index (χ0) is 11.9. The van der Waals surface area contributed by atoms with Gasteiger partial charge in [-0.1, -0.05) is 6.92 Å². The summed E-state index contributed by atoms with van der Waals surface area (Å²) in [6, 6.07) is 0. The van der Waals surface area contributed by atoms with Gasteiger partial charge < -0.3 is 24.1 Å². The smallest absolute Gasteiger partial charge is 0.0701 e. The van der Waals surface area contributed by atoms with Crippen molar-refractivity contribution in [1.82, 2.24) is 0 Å². The number of hydrogen-bond donors (Lipinski definition) is 1. The van der Waals surface area contributed by atoms with Crippen LogP contribution in [0.1, 0.15) is 13.3 Å². The maximum absolute atomic E-state index is 8.43. The summed E-state index contributed by atoms with van der Waals surface area (Å²) in [7, 11) is 0. The first-order valence-corrected chi connectivity index (χ1v) is 5.83. The molecule has 0 bridgehead atoms. The lowest BCUT2D eigenvalue weighted by Crippen LogP contribution is -2.12. The van der Waals surface area contributed by atoms with Crippen LogP contribution in [0.3, 0.4) is 0 Å². The molecule has 16 heavy (non-hydrogen) atoms. The first-order chi connectivity index (χ1) is 7.91. The standard InChI is InChI=1S/C11H24O5/c1-2-4-13-6-8-15-10-11-16-9-7-14-5-3-12/h12H,2-11H2,1H3. The average molecular weight is 236 g/mol. The highest BCUT2D eigenvalue weighted by Crippen LogP contribution is 1.83. The van der Waals surface area contributed by atoms with Crippen molar-refractivity contribution >= 4 is 0 Å². The van der Waals surface area contributed by atoms with E-state index in [2.05, 4.69) is 6.92 Å². The Morgan fingerprint density at radius 2 is 1.00 bits per heavy atom. The summed E-state index contributed by atoms with van der Waals surface area (Å²) in [5.74, 6) is 0. The van der Waals surface area contributed by atoms with Crippen molar-refractivity contribution in [2.45, 2.75) is 13.3 Å². The van der Waals surface area contributed by atoms with Crippen LogP contribution in [0.4, 0.5) is 0 Å². The van der Waals surface area contributed by atoms with Crippen LogP contribution in [-0.2, 0) is 18.9 Å². The predicted octanol–water partition coefficient (Wildman–Crippen LogP) is 0.455. The molecule has 98 valence electrons. The third kappa shape index (κ3) is 13.8. The summed E-state index contributed by atoms with van der Waals surface area (Å²) in [5, 5.41) is 8.43. The summed E-state index contributed by atoms with van der Waals surface area (Å²) >= 11 is 0. The molecule has 0 saturated carbocycles. The van der Waals surface area contributed by atoms with E-state index in [0.29, 0.717) is 46.2 Å². The minimum Gasteiger partial charge on any atom is -0.394 e. The average Bonchev–Trinajstić information content (AvgIpc) is 2.31.